The van der Waals surface area contributed by atoms with Crippen LogP contribution in [0.2, 0.25) is 0 Å². The van der Waals surface area contributed by atoms with Crippen LogP contribution in [0.5, 0.6) is 0 Å². The maximum atomic E-state index is 14.2. The smallest absolute Gasteiger partial charge is 0.245 e. The van der Waals surface area contributed by atoms with Gasteiger partial charge < -0.3 is 98.1 Å². The number of aromatic amines is 1. The molecule has 0 bridgehead atoms. The van der Waals surface area contributed by atoms with Crippen molar-refractivity contribution in [1.29, 1.82) is 0 Å². The van der Waals surface area contributed by atoms with Crippen LogP contribution < -0.4 is 83.1 Å². The summed E-state index contributed by atoms with van der Waals surface area (Å²) >= 11 is 0. The zero-order valence-corrected chi connectivity index (χ0v) is 41.8. The number of aromatic nitrogens is 2. The number of carbonyl (C=O) groups excluding carboxylic acids is 9. The van der Waals surface area contributed by atoms with Crippen molar-refractivity contribution in [1.82, 2.24) is 52.1 Å². The summed E-state index contributed by atoms with van der Waals surface area (Å²) in [7, 11) is 0. The number of nitrogens with one attached hydrogen (secondary N) is 8. The predicted octanol–water partition coefficient (Wildman–Crippen LogP) is -7.44. The summed E-state index contributed by atoms with van der Waals surface area (Å²) in [5, 5.41) is 28.2. The standard InChI is InChI=1S/C44H81N19O10/c1-25(57-42(72)35(33(64)21-48)62-38(68)27(49)10-4-6-16-46)37(67)55-23-34(65)58-30(12-7-17-47)43(73)63-19-9-14-32(63)41(71)61-31(20-26-22-53-24-56-26)40(70)60-29(11-3-2-5-15-45)39(69)59-28(36(50)66)13-8-18-54-44(51)52/h22,24-25,27-33,35,64H,2-21,23,45-49H2,1H3,(H2,50,66)(H,53,56)(H,55,67)(H,57,72)(H,58,65)(H,59,69)(H,60,70)(H,61,71)(H,62,68)(H4,51,52,54)/t25-,27-,28+,29-,30+,31-,32-,33-,35-/m0/s1. The fraction of sp³-hybridized carbons (Fsp3) is 0.705. The van der Waals surface area contributed by atoms with Crippen molar-refractivity contribution in [2.75, 3.05) is 45.8 Å². The van der Waals surface area contributed by atoms with Crippen molar-refractivity contribution in [3.8, 4) is 0 Å². The van der Waals surface area contributed by atoms with Crippen LogP contribution in [0.1, 0.15) is 96.1 Å². The number of hydrogen-bond donors (Lipinski definition) is 17. The Labute approximate surface area is 424 Å². The van der Waals surface area contributed by atoms with Crippen molar-refractivity contribution in [2.45, 2.75) is 151 Å². The molecule has 0 radical (unpaired) electrons. The lowest BCUT2D eigenvalue weighted by molar-refractivity contribution is -0.142. The summed E-state index contributed by atoms with van der Waals surface area (Å²) in [6.07, 6.45) is 5.92. The molecule has 1 aromatic heterocycles. The Morgan fingerprint density at radius 3 is 1.99 bits per heavy atom. The van der Waals surface area contributed by atoms with Gasteiger partial charge in [0.1, 0.15) is 42.3 Å². The molecule has 1 saturated heterocycles. The second-order valence-corrected chi connectivity index (χ2v) is 17.8. The second-order valence-electron chi connectivity index (χ2n) is 17.8. The van der Waals surface area contributed by atoms with Crippen molar-refractivity contribution < 1.29 is 48.3 Å². The highest BCUT2D eigenvalue weighted by atomic mass is 16.3. The Hall–Kier alpha value is -6.53. The maximum Gasteiger partial charge on any atom is 0.245 e. The van der Waals surface area contributed by atoms with E-state index < -0.39 is 121 Å². The number of amides is 9. The number of H-pyrrole nitrogens is 1. The van der Waals surface area contributed by atoms with Gasteiger partial charge in [0.05, 0.1) is 25.0 Å². The molecule has 25 N–H and O–H groups in total. The van der Waals surface area contributed by atoms with Crippen LogP contribution in [0.4, 0.5) is 0 Å². The number of unbranched alkanes of at least 4 members (excludes halogenated alkanes) is 3. The number of guanidine groups is 1. The molecule has 1 fully saturated rings. The number of aliphatic imine (C=N–C) groups is 1. The number of imidazole rings is 1. The van der Waals surface area contributed by atoms with Crippen LogP contribution in [0, 0.1) is 0 Å². The van der Waals surface area contributed by atoms with Crippen LogP contribution in [0.25, 0.3) is 0 Å². The molecule has 0 spiro atoms. The Morgan fingerprint density at radius 1 is 0.726 bits per heavy atom. The van der Waals surface area contributed by atoms with E-state index in [1.165, 1.54) is 24.3 Å². The molecule has 29 heteroatoms. The van der Waals surface area contributed by atoms with Gasteiger partial charge in [0, 0.05) is 37.9 Å². The van der Waals surface area contributed by atoms with Gasteiger partial charge in [-0.15, -0.1) is 0 Å². The molecule has 1 aliphatic heterocycles. The van der Waals surface area contributed by atoms with Gasteiger partial charge in [0.2, 0.25) is 53.2 Å². The average molecular weight is 1040 g/mol. The van der Waals surface area contributed by atoms with Gasteiger partial charge >= 0.3 is 0 Å². The first kappa shape index (κ1) is 62.6. The Kier molecular flexibility index (Phi) is 29.1. The molecule has 0 unspecified atom stereocenters. The predicted molar refractivity (Wildman–Crippen MR) is 268 cm³/mol. The van der Waals surface area contributed by atoms with Crippen LogP contribution >= 0.6 is 0 Å². The van der Waals surface area contributed by atoms with Gasteiger partial charge in [0.15, 0.2) is 5.96 Å². The molecule has 1 aliphatic rings. The molecule has 0 aliphatic carbocycles. The number of carbonyl (C=O) groups is 9. The molecular formula is C44H81N19O10. The lowest BCUT2D eigenvalue weighted by Gasteiger charge is -2.30. The molecule has 412 valence electrons. The fourth-order valence-electron chi connectivity index (χ4n) is 7.76. The highest BCUT2D eigenvalue weighted by Gasteiger charge is 2.40. The summed E-state index contributed by atoms with van der Waals surface area (Å²) in [6, 6.07) is -9.70. The van der Waals surface area contributed by atoms with Gasteiger partial charge in [-0.25, -0.2) is 4.98 Å². The van der Waals surface area contributed by atoms with Gasteiger partial charge in [0.25, 0.3) is 0 Å². The topological polar surface area (TPSA) is 511 Å². The maximum absolute atomic E-state index is 14.2. The summed E-state index contributed by atoms with van der Waals surface area (Å²) in [6.45, 7) is 1.51. The van der Waals surface area contributed by atoms with Gasteiger partial charge in [-0.1, -0.05) is 19.3 Å². The van der Waals surface area contributed by atoms with E-state index in [0.29, 0.717) is 63.7 Å². The van der Waals surface area contributed by atoms with Crippen LogP contribution in [0.3, 0.4) is 0 Å². The number of hydrogen-bond acceptors (Lipinski definition) is 17. The first-order chi connectivity index (χ1) is 34.8. The zero-order chi connectivity index (χ0) is 54.5. The molecule has 2 rings (SSSR count). The quantitative estimate of drug-likeness (QED) is 0.0169. The third-order valence-electron chi connectivity index (χ3n) is 11.9. The largest absolute Gasteiger partial charge is 0.389 e. The fourth-order valence-corrected chi connectivity index (χ4v) is 7.76. The number of rotatable bonds is 36. The number of nitrogens with two attached hydrogens (primary N) is 8. The minimum absolute atomic E-state index is 0.0615. The molecule has 0 saturated carbocycles. The average Bonchev–Trinajstić information content (AvgIpc) is 4.08. The molecule has 9 atom stereocenters. The van der Waals surface area contributed by atoms with Crippen molar-refractivity contribution in [3.05, 3.63) is 18.2 Å². The number of likely N-dealkylation sites (tertiary alicyclic amines) is 1. The normalized spacial score (nSPS) is 16.5. The van der Waals surface area contributed by atoms with Gasteiger partial charge in [-0.3, -0.25) is 48.1 Å². The minimum atomic E-state index is -1.56. The molecule has 29 nitrogen and oxygen atoms in total. The Balaban J connectivity index is 2.20. The summed E-state index contributed by atoms with van der Waals surface area (Å²) in [5.74, 6) is -6.99. The highest BCUT2D eigenvalue weighted by Crippen LogP contribution is 2.20. The molecule has 2 heterocycles. The van der Waals surface area contributed by atoms with E-state index in [-0.39, 0.29) is 70.5 Å². The molecule has 0 aromatic carbocycles. The van der Waals surface area contributed by atoms with Crippen molar-refractivity contribution in [2.24, 2.45) is 50.9 Å². The van der Waals surface area contributed by atoms with E-state index in [1.807, 2.05) is 0 Å². The number of aliphatic hydroxyl groups is 1. The minimum Gasteiger partial charge on any atom is -0.389 e. The third-order valence-corrected chi connectivity index (χ3v) is 11.9. The first-order valence-electron chi connectivity index (χ1n) is 24.7. The Bertz CT molecular complexity index is 1960. The van der Waals surface area contributed by atoms with E-state index in [0.717, 1.165) is 0 Å². The van der Waals surface area contributed by atoms with E-state index in [4.69, 9.17) is 45.9 Å². The summed E-state index contributed by atoms with van der Waals surface area (Å²) in [5.41, 5.74) is 45.2. The SMILES string of the molecule is C[C@H](NC(=O)[C@@H](NC(=O)[C@@H](N)CCCCN)[C@@H](O)CN)C(=O)NCC(=O)N[C@H](CCCN)C(=O)N1CCC[C@H]1C(=O)N[C@@H](Cc1cnc[nH]1)C(=O)N[C@@H](CCCCCN)C(=O)N[C@H](CCCN=C(N)N)C(N)=O. The molecule has 73 heavy (non-hydrogen) atoms. The molecule has 9 amide bonds. The lowest BCUT2D eigenvalue weighted by Crippen LogP contribution is -2.60. The zero-order valence-electron chi connectivity index (χ0n) is 41.8. The first-order valence-corrected chi connectivity index (χ1v) is 24.7. The Morgan fingerprint density at radius 2 is 1.36 bits per heavy atom. The van der Waals surface area contributed by atoms with Gasteiger partial charge in [-0.05, 0) is 90.8 Å². The number of nitrogens with zero attached hydrogens (tertiary/aromatic N) is 3. The number of aliphatic hydroxyl groups excluding tert-OH is 1. The van der Waals surface area contributed by atoms with E-state index >= 15 is 0 Å². The van der Waals surface area contributed by atoms with Gasteiger partial charge in [-0.2, -0.15) is 0 Å². The van der Waals surface area contributed by atoms with Crippen LogP contribution in [-0.4, -0.2) is 179 Å². The van der Waals surface area contributed by atoms with E-state index in [9.17, 15) is 48.3 Å². The summed E-state index contributed by atoms with van der Waals surface area (Å²) in [4.78, 5) is 133. The van der Waals surface area contributed by atoms with E-state index in [2.05, 4.69) is 52.2 Å². The lowest BCUT2D eigenvalue weighted by atomic mass is 10.0. The molecular weight excluding hydrogens is 955 g/mol. The second kappa shape index (κ2) is 34.0. The van der Waals surface area contributed by atoms with Crippen LogP contribution in [0.15, 0.2) is 17.5 Å². The highest BCUT2D eigenvalue weighted by molar-refractivity contribution is 5.98. The van der Waals surface area contributed by atoms with Crippen LogP contribution in [-0.2, 0) is 49.6 Å². The van der Waals surface area contributed by atoms with Crippen molar-refractivity contribution >= 4 is 59.1 Å². The third kappa shape index (κ3) is 22.8. The number of primary amides is 1. The monoisotopic (exact) mass is 1040 g/mol. The summed E-state index contributed by atoms with van der Waals surface area (Å²) < 4.78 is 0. The van der Waals surface area contributed by atoms with E-state index in [1.54, 1.807) is 0 Å². The van der Waals surface area contributed by atoms with Crippen molar-refractivity contribution in [3.63, 3.8) is 0 Å². The molecule has 1 aromatic rings.